The number of piperidine rings is 1. The minimum Gasteiger partial charge on any atom is -0.485 e. The number of likely N-dealkylation sites (tertiary alicyclic amines) is 1. The van der Waals surface area contributed by atoms with Crippen LogP contribution in [0.1, 0.15) is 51.7 Å². The van der Waals surface area contributed by atoms with Gasteiger partial charge in [0, 0.05) is 42.8 Å². The number of carbonyl (C=O) groups excluding carboxylic acids is 1. The molecule has 2 aliphatic heterocycles. The van der Waals surface area contributed by atoms with E-state index in [9.17, 15) is 17.6 Å². The summed E-state index contributed by atoms with van der Waals surface area (Å²) in [5, 5.41) is 0. The second kappa shape index (κ2) is 9.08. The maximum atomic E-state index is 14.8. The van der Waals surface area contributed by atoms with E-state index in [0.29, 0.717) is 42.1 Å². The van der Waals surface area contributed by atoms with Gasteiger partial charge in [0.15, 0.2) is 9.84 Å². The van der Waals surface area contributed by atoms with Gasteiger partial charge in [0.25, 0.3) is 0 Å². The Hall–Kier alpha value is -2.68. The Balaban J connectivity index is 1.45. The predicted molar refractivity (Wildman–Crippen MR) is 131 cm³/mol. The zero-order valence-corrected chi connectivity index (χ0v) is 21.7. The number of benzene rings is 1. The van der Waals surface area contributed by atoms with Gasteiger partial charge >= 0.3 is 6.09 Å². The maximum absolute atomic E-state index is 14.8. The first kappa shape index (κ1) is 25.4. The molecule has 0 N–H and O–H groups in total. The van der Waals surface area contributed by atoms with Crippen molar-refractivity contribution in [1.82, 2.24) is 9.88 Å². The average molecular weight is 505 g/mol. The summed E-state index contributed by atoms with van der Waals surface area (Å²) in [6.07, 6.45) is 4.76. The minimum absolute atomic E-state index is 0.208. The summed E-state index contributed by atoms with van der Waals surface area (Å²) < 4.78 is 49.7. The second-order valence-electron chi connectivity index (χ2n) is 10.9. The van der Waals surface area contributed by atoms with Gasteiger partial charge in [-0.15, -0.1) is 0 Å². The van der Waals surface area contributed by atoms with Crippen molar-refractivity contribution in [3.05, 3.63) is 47.4 Å². The van der Waals surface area contributed by atoms with Crippen molar-refractivity contribution in [2.75, 3.05) is 19.3 Å². The molecule has 35 heavy (non-hydrogen) atoms. The van der Waals surface area contributed by atoms with Crippen molar-refractivity contribution in [1.29, 1.82) is 0 Å². The first-order chi connectivity index (χ1) is 16.2. The molecule has 3 heterocycles. The van der Waals surface area contributed by atoms with Gasteiger partial charge in [-0.3, -0.25) is 4.98 Å². The Morgan fingerprint density at radius 3 is 2.54 bits per heavy atom. The fraction of sp³-hybridized carbons (Fsp3) is 0.538. The smallest absolute Gasteiger partial charge is 0.410 e. The van der Waals surface area contributed by atoms with Crippen LogP contribution in [0.25, 0.3) is 11.3 Å². The number of halogens is 1. The van der Waals surface area contributed by atoms with Gasteiger partial charge in [0.1, 0.15) is 22.8 Å². The summed E-state index contributed by atoms with van der Waals surface area (Å²) in [4.78, 5) is 18.6. The topological polar surface area (TPSA) is 85.8 Å². The van der Waals surface area contributed by atoms with Gasteiger partial charge in [-0.05, 0) is 64.3 Å². The number of carbonyl (C=O) groups is 1. The molecular formula is C26H33FN2O5S. The molecule has 0 bridgehead atoms. The molecule has 0 saturated carbocycles. The Morgan fingerprint density at radius 1 is 1.26 bits per heavy atom. The van der Waals surface area contributed by atoms with Crippen molar-refractivity contribution in [2.45, 2.75) is 63.9 Å². The van der Waals surface area contributed by atoms with Gasteiger partial charge in [-0.1, -0.05) is 6.07 Å². The van der Waals surface area contributed by atoms with Crippen molar-refractivity contribution >= 4 is 15.9 Å². The van der Waals surface area contributed by atoms with Gasteiger partial charge in [-0.25, -0.2) is 17.6 Å². The molecule has 1 amide bonds. The lowest BCUT2D eigenvalue weighted by Crippen LogP contribution is -2.48. The normalized spacial score (nSPS) is 20.9. The molecule has 1 unspecified atom stereocenters. The monoisotopic (exact) mass is 504 g/mol. The van der Waals surface area contributed by atoms with Gasteiger partial charge in [0.2, 0.25) is 0 Å². The Bertz CT molecular complexity index is 1230. The first-order valence-electron chi connectivity index (χ1n) is 11.8. The molecule has 1 aromatic carbocycles. The zero-order valence-electron chi connectivity index (χ0n) is 20.9. The van der Waals surface area contributed by atoms with Crippen LogP contribution in [0.15, 0.2) is 30.5 Å². The highest BCUT2D eigenvalue weighted by atomic mass is 32.2. The standard InChI is InChI=1S/C26H33FN2O5S/c1-25(2,3)34-24(30)29-10-8-19(9-11-29)26(4)14-18-13-22(28-15-23(18)33-26)20-7-6-17(12-21(20)27)16-35(5,31)32/h6-7,12-13,15,19H,8-11,14,16H2,1-5H3. The molecule has 0 aliphatic carbocycles. The van der Waals surface area contributed by atoms with E-state index in [1.165, 1.54) is 6.07 Å². The molecule has 1 fully saturated rings. The second-order valence-corrected chi connectivity index (χ2v) is 13.0. The number of hydrogen-bond acceptors (Lipinski definition) is 6. The number of amides is 1. The van der Waals surface area contributed by atoms with Crippen molar-refractivity contribution < 1.29 is 27.1 Å². The average Bonchev–Trinajstić information content (AvgIpc) is 3.08. The molecule has 4 rings (SSSR count). The van der Waals surface area contributed by atoms with Crippen molar-refractivity contribution in [3.8, 4) is 17.0 Å². The van der Waals surface area contributed by atoms with E-state index < -0.39 is 26.9 Å². The third kappa shape index (κ3) is 5.94. The number of nitrogens with zero attached hydrogens (tertiary/aromatic N) is 2. The summed E-state index contributed by atoms with van der Waals surface area (Å²) in [7, 11) is -3.25. The third-order valence-electron chi connectivity index (χ3n) is 6.58. The van der Waals surface area contributed by atoms with Crippen LogP contribution in [0.2, 0.25) is 0 Å². The molecule has 1 atom stereocenters. The molecule has 1 aromatic heterocycles. The lowest BCUT2D eigenvalue weighted by molar-refractivity contribution is -0.00829. The molecular weight excluding hydrogens is 471 g/mol. The zero-order chi connectivity index (χ0) is 25.6. The highest BCUT2D eigenvalue weighted by molar-refractivity contribution is 7.89. The molecule has 0 radical (unpaired) electrons. The van der Waals surface area contributed by atoms with Crippen LogP contribution in [0.4, 0.5) is 9.18 Å². The van der Waals surface area contributed by atoms with Crippen LogP contribution in [0.5, 0.6) is 5.75 Å². The number of ether oxygens (including phenoxy) is 2. The molecule has 1 saturated heterocycles. The maximum Gasteiger partial charge on any atom is 0.410 e. The van der Waals surface area contributed by atoms with Crippen molar-refractivity contribution in [2.24, 2.45) is 5.92 Å². The summed E-state index contributed by atoms with van der Waals surface area (Å²) in [5.74, 6) is 0.236. The fourth-order valence-corrected chi connectivity index (χ4v) is 5.70. The third-order valence-corrected chi connectivity index (χ3v) is 7.44. The lowest BCUT2D eigenvalue weighted by atomic mass is 9.79. The van der Waals surface area contributed by atoms with Crippen LogP contribution in [0, 0.1) is 11.7 Å². The Labute approximate surface area is 206 Å². The quantitative estimate of drug-likeness (QED) is 0.596. The van der Waals surface area contributed by atoms with Crippen LogP contribution >= 0.6 is 0 Å². The first-order valence-corrected chi connectivity index (χ1v) is 13.9. The summed E-state index contributed by atoms with van der Waals surface area (Å²) in [5.41, 5.74) is 1.23. The van der Waals surface area contributed by atoms with Gasteiger partial charge in [-0.2, -0.15) is 0 Å². The fourth-order valence-electron chi connectivity index (χ4n) is 4.91. The molecule has 0 spiro atoms. The number of aromatic nitrogens is 1. The van der Waals surface area contributed by atoms with E-state index in [0.717, 1.165) is 24.7 Å². The van der Waals surface area contributed by atoms with E-state index in [4.69, 9.17) is 9.47 Å². The highest BCUT2D eigenvalue weighted by Crippen LogP contribution is 2.43. The summed E-state index contributed by atoms with van der Waals surface area (Å²) in [6.45, 7) is 8.90. The number of sulfone groups is 1. The van der Waals surface area contributed by atoms with E-state index in [-0.39, 0.29) is 17.8 Å². The van der Waals surface area contributed by atoms with Crippen LogP contribution in [0.3, 0.4) is 0 Å². The Kier molecular flexibility index (Phi) is 6.59. The van der Waals surface area contributed by atoms with Crippen LogP contribution < -0.4 is 4.74 Å². The number of fused-ring (bicyclic) bond motifs is 1. The highest BCUT2D eigenvalue weighted by Gasteiger charge is 2.44. The van der Waals surface area contributed by atoms with Crippen LogP contribution in [-0.4, -0.2) is 54.9 Å². The lowest BCUT2D eigenvalue weighted by Gasteiger charge is -2.40. The van der Waals surface area contributed by atoms with E-state index in [1.54, 1.807) is 23.2 Å². The van der Waals surface area contributed by atoms with E-state index in [1.807, 2.05) is 26.8 Å². The van der Waals surface area contributed by atoms with Gasteiger partial charge in [0.05, 0.1) is 17.6 Å². The molecule has 7 nitrogen and oxygen atoms in total. The van der Waals surface area contributed by atoms with Crippen LogP contribution in [-0.2, 0) is 26.7 Å². The van der Waals surface area contributed by atoms with Crippen molar-refractivity contribution in [3.63, 3.8) is 0 Å². The Morgan fingerprint density at radius 2 is 1.94 bits per heavy atom. The molecule has 2 aromatic rings. The molecule has 190 valence electrons. The summed E-state index contributed by atoms with van der Waals surface area (Å²) in [6, 6.07) is 6.30. The number of rotatable bonds is 4. The summed E-state index contributed by atoms with van der Waals surface area (Å²) >= 11 is 0. The van der Waals surface area contributed by atoms with E-state index in [2.05, 4.69) is 11.9 Å². The number of hydrogen-bond donors (Lipinski definition) is 0. The molecule has 9 heteroatoms. The SMILES string of the molecule is CC(C)(C)OC(=O)N1CCC(C2(C)Cc3cc(-c4ccc(CS(C)(=O)=O)cc4F)ncc3O2)CC1. The van der Waals surface area contributed by atoms with Gasteiger partial charge < -0.3 is 14.4 Å². The molecule has 2 aliphatic rings. The van der Waals surface area contributed by atoms with E-state index >= 15 is 0 Å². The largest absolute Gasteiger partial charge is 0.485 e. The predicted octanol–water partition coefficient (Wildman–Crippen LogP) is 4.77. The minimum atomic E-state index is -3.25. The number of pyridine rings is 1.